The number of sulfone groups is 1. The van der Waals surface area contributed by atoms with Gasteiger partial charge in [-0.3, -0.25) is 4.79 Å². The van der Waals surface area contributed by atoms with Crippen LogP contribution in [-0.2, 0) is 14.6 Å². The van der Waals surface area contributed by atoms with Crippen LogP contribution in [0, 0.1) is 0 Å². The van der Waals surface area contributed by atoms with Gasteiger partial charge in [-0.15, -0.1) is 0 Å². The van der Waals surface area contributed by atoms with Crippen LogP contribution in [0.3, 0.4) is 0 Å². The van der Waals surface area contributed by atoms with Crippen LogP contribution in [0.2, 0.25) is 0 Å². The van der Waals surface area contributed by atoms with E-state index in [1.54, 1.807) is 36.4 Å². The van der Waals surface area contributed by atoms with Gasteiger partial charge in [-0.05, 0) is 47.5 Å². The van der Waals surface area contributed by atoms with Crippen molar-refractivity contribution >= 4 is 39.1 Å². The Morgan fingerprint density at radius 1 is 0.929 bits per heavy atom. The Balaban J connectivity index is 2.03. The highest BCUT2D eigenvalue weighted by atomic mass is 32.2. The first-order valence-electron chi connectivity index (χ1n) is 8.23. The SMILES string of the molecule is COc1ccc(C=CS(=O)(=O)CC(=O)/C=C/c2ccc(OC)c(N)c2)cc1N. The lowest BCUT2D eigenvalue weighted by atomic mass is 10.1. The van der Waals surface area contributed by atoms with Gasteiger partial charge < -0.3 is 20.9 Å². The zero-order valence-corrected chi connectivity index (χ0v) is 16.4. The molecular weight excluding hydrogens is 380 g/mol. The van der Waals surface area contributed by atoms with E-state index in [4.69, 9.17) is 20.9 Å². The van der Waals surface area contributed by atoms with Gasteiger partial charge in [-0.2, -0.15) is 0 Å². The molecule has 2 aromatic carbocycles. The second kappa shape index (κ2) is 9.09. The number of hydrogen-bond donors (Lipinski definition) is 2. The van der Waals surface area contributed by atoms with Crippen LogP contribution < -0.4 is 20.9 Å². The number of rotatable bonds is 8. The van der Waals surface area contributed by atoms with E-state index < -0.39 is 21.4 Å². The molecule has 0 bridgehead atoms. The monoisotopic (exact) mass is 402 g/mol. The maximum Gasteiger partial charge on any atom is 0.179 e. The van der Waals surface area contributed by atoms with Crippen LogP contribution in [0.1, 0.15) is 11.1 Å². The summed E-state index contributed by atoms with van der Waals surface area (Å²) in [5, 5.41) is 0.991. The Morgan fingerprint density at radius 3 is 1.89 bits per heavy atom. The quantitative estimate of drug-likeness (QED) is 0.514. The molecule has 0 amide bonds. The molecule has 0 unspecified atom stereocenters. The first kappa shape index (κ1) is 21.0. The first-order valence-corrected chi connectivity index (χ1v) is 9.94. The third-order valence-electron chi connectivity index (χ3n) is 3.78. The van der Waals surface area contributed by atoms with Gasteiger partial charge >= 0.3 is 0 Å². The van der Waals surface area contributed by atoms with Crippen molar-refractivity contribution in [2.45, 2.75) is 0 Å². The molecule has 0 spiro atoms. The third kappa shape index (κ3) is 5.88. The summed E-state index contributed by atoms with van der Waals surface area (Å²) in [7, 11) is -0.734. The lowest BCUT2D eigenvalue weighted by molar-refractivity contribution is -0.112. The zero-order chi connectivity index (χ0) is 20.7. The number of anilines is 2. The number of carbonyl (C=O) groups excluding carboxylic acids is 1. The van der Waals surface area contributed by atoms with Crippen LogP contribution in [0.4, 0.5) is 11.4 Å². The number of carbonyl (C=O) groups is 1. The van der Waals surface area contributed by atoms with E-state index in [2.05, 4.69) is 0 Å². The molecule has 8 heteroatoms. The topological polar surface area (TPSA) is 122 Å². The molecule has 0 fully saturated rings. The highest BCUT2D eigenvalue weighted by Gasteiger charge is 2.11. The molecule has 2 aromatic rings. The standard InChI is InChI=1S/C20H22N2O5S/c1-26-19-7-4-14(11-17(19)21)3-6-16(23)13-28(24,25)10-9-15-5-8-20(27-2)18(22)12-15/h3-12H,13,21-22H2,1-2H3/b6-3+,10-9?. The lowest BCUT2D eigenvalue weighted by Gasteiger charge is -2.04. The average Bonchev–Trinajstić information content (AvgIpc) is 2.64. The second-order valence-electron chi connectivity index (χ2n) is 5.91. The molecule has 0 saturated heterocycles. The molecule has 0 aliphatic heterocycles. The number of hydrogen-bond acceptors (Lipinski definition) is 7. The van der Waals surface area contributed by atoms with Crippen LogP contribution >= 0.6 is 0 Å². The summed E-state index contributed by atoms with van der Waals surface area (Å²) in [6.45, 7) is 0. The van der Waals surface area contributed by atoms with Gasteiger partial charge in [0.25, 0.3) is 0 Å². The number of allylic oxidation sites excluding steroid dienone is 1. The summed E-state index contributed by atoms with van der Waals surface area (Å²) in [5.41, 5.74) is 13.6. The third-order valence-corrected chi connectivity index (χ3v) is 5.02. The summed E-state index contributed by atoms with van der Waals surface area (Å²) >= 11 is 0. The fourth-order valence-corrected chi connectivity index (χ4v) is 3.33. The fourth-order valence-electron chi connectivity index (χ4n) is 2.38. The van der Waals surface area contributed by atoms with E-state index in [0.29, 0.717) is 34.0 Å². The maximum absolute atomic E-state index is 12.1. The van der Waals surface area contributed by atoms with Crippen molar-refractivity contribution in [3.05, 3.63) is 59.0 Å². The predicted octanol–water partition coefficient (Wildman–Crippen LogP) is 2.54. The van der Waals surface area contributed by atoms with Crippen LogP contribution in [0.15, 0.2) is 47.9 Å². The summed E-state index contributed by atoms with van der Waals surface area (Å²) in [6, 6.07) is 9.89. The molecule has 148 valence electrons. The van der Waals surface area contributed by atoms with E-state index in [1.807, 2.05) is 0 Å². The van der Waals surface area contributed by atoms with E-state index >= 15 is 0 Å². The molecule has 0 saturated carbocycles. The van der Waals surface area contributed by atoms with Crippen molar-refractivity contribution in [2.24, 2.45) is 0 Å². The van der Waals surface area contributed by atoms with Crippen molar-refractivity contribution in [3.8, 4) is 11.5 Å². The Labute approximate surface area is 164 Å². The number of methoxy groups -OCH3 is 2. The number of nitrogens with two attached hydrogens (primary N) is 2. The zero-order valence-electron chi connectivity index (χ0n) is 15.6. The molecule has 0 heterocycles. The van der Waals surface area contributed by atoms with E-state index in [1.165, 1.54) is 32.4 Å². The van der Waals surface area contributed by atoms with Crippen LogP contribution in [0.25, 0.3) is 12.2 Å². The Hall–Kier alpha value is -3.26. The van der Waals surface area contributed by atoms with E-state index in [-0.39, 0.29) is 0 Å². The Morgan fingerprint density at radius 2 is 1.43 bits per heavy atom. The fraction of sp³-hybridized carbons (Fsp3) is 0.150. The predicted molar refractivity (Wildman–Crippen MR) is 112 cm³/mol. The number of benzene rings is 2. The van der Waals surface area contributed by atoms with Gasteiger partial charge in [0.05, 0.1) is 25.6 Å². The van der Waals surface area contributed by atoms with Gasteiger partial charge in [-0.25, -0.2) is 8.42 Å². The molecule has 28 heavy (non-hydrogen) atoms. The molecular formula is C20H22N2O5S. The largest absolute Gasteiger partial charge is 0.495 e. The Kier molecular flexibility index (Phi) is 6.84. The van der Waals surface area contributed by atoms with E-state index in [0.717, 1.165) is 5.41 Å². The van der Waals surface area contributed by atoms with E-state index in [9.17, 15) is 13.2 Å². The maximum atomic E-state index is 12.1. The molecule has 4 N–H and O–H groups in total. The molecule has 0 aromatic heterocycles. The minimum atomic E-state index is -3.73. The lowest BCUT2D eigenvalue weighted by Crippen LogP contribution is -2.11. The smallest absolute Gasteiger partial charge is 0.179 e. The molecule has 2 rings (SSSR count). The van der Waals surface area contributed by atoms with Gasteiger partial charge in [0.15, 0.2) is 15.6 Å². The summed E-state index contributed by atoms with van der Waals surface area (Å²) in [5.74, 6) is -0.166. The minimum absolute atomic E-state index is 0.389. The highest BCUT2D eigenvalue weighted by Crippen LogP contribution is 2.23. The van der Waals surface area contributed by atoms with Gasteiger partial charge in [0.2, 0.25) is 0 Å². The molecule has 0 aliphatic carbocycles. The second-order valence-corrected chi connectivity index (χ2v) is 7.80. The minimum Gasteiger partial charge on any atom is -0.495 e. The molecule has 0 aliphatic rings. The summed E-state index contributed by atoms with van der Waals surface area (Å²) in [4.78, 5) is 12.0. The van der Waals surface area contributed by atoms with Crippen molar-refractivity contribution in [1.82, 2.24) is 0 Å². The van der Waals surface area contributed by atoms with Gasteiger partial charge in [-0.1, -0.05) is 18.2 Å². The van der Waals surface area contributed by atoms with Crippen molar-refractivity contribution in [3.63, 3.8) is 0 Å². The highest BCUT2D eigenvalue weighted by molar-refractivity contribution is 7.95. The molecule has 0 atom stereocenters. The van der Waals surface area contributed by atoms with Gasteiger partial charge in [0, 0.05) is 5.41 Å². The van der Waals surface area contributed by atoms with Crippen molar-refractivity contribution in [1.29, 1.82) is 0 Å². The summed E-state index contributed by atoms with van der Waals surface area (Å²) < 4.78 is 34.4. The number of ether oxygens (including phenoxy) is 2. The van der Waals surface area contributed by atoms with Gasteiger partial charge in [0.1, 0.15) is 17.3 Å². The normalized spacial score (nSPS) is 11.8. The van der Waals surface area contributed by atoms with Crippen molar-refractivity contribution in [2.75, 3.05) is 31.4 Å². The van der Waals surface area contributed by atoms with Crippen molar-refractivity contribution < 1.29 is 22.7 Å². The van der Waals surface area contributed by atoms with Crippen LogP contribution in [-0.4, -0.2) is 34.2 Å². The van der Waals surface area contributed by atoms with Crippen LogP contribution in [0.5, 0.6) is 11.5 Å². The summed E-state index contributed by atoms with van der Waals surface area (Å²) in [6.07, 6.45) is 4.09. The molecule has 7 nitrogen and oxygen atoms in total. The first-order chi connectivity index (χ1) is 13.2. The Bertz CT molecular complexity index is 1030. The number of ketones is 1. The number of nitrogen functional groups attached to an aromatic ring is 2. The molecule has 0 radical (unpaired) electrons. The average molecular weight is 402 g/mol.